The Balaban J connectivity index is 0.000000232. The summed E-state index contributed by atoms with van der Waals surface area (Å²) >= 11 is 0. The second kappa shape index (κ2) is 20.2. The number of hydrogen-bond donors (Lipinski definition) is 2. The van der Waals surface area contributed by atoms with Crippen LogP contribution in [0, 0.1) is 0 Å². The molecule has 4 aromatic carbocycles. The van der Waals surface area contributed by atoms with Crippen molar-refractivity contribution in [3.8, 4) is 44.8 Å². The molecule has 2 amide bonds. The molecule has 53 heavy (non-hydrogen) atoms. The van der Waals surface area contributed by atoms with Gasteiger partial charge in [0.05, 0.1) is 23.8 Å². The Kier molecular flexibility index (Phi) is 15.2. The fourth-order valence-corrected chi connectivity index (χ4v) is 5.69. The first-order chi connectivity index (χ1) is 25.3. The van der Waals surface area contributed by atoms with E-state index in [1.54, 1.807) is 9.36 Å². The van der Waals surface area contributed by atoms with Crippen molar-refractivity contribution in [3.63, 3.8) is 0 Å². The number of benzene rings is 4. The Morgan fingerprint density at radius 2 is 0.811 bits per heavy atom. The quantitative estimate of drug-likeness (QED) is 0.164. The number of aromatic nitrogens is 4. The van der Waals surface area contributed by atoms with Gasteiger partial charge in [0.25, 0.3) is 0 Å². The minimum atomic E-state index is -0.0354. The molecule has 0 saturated heterocycles. The van der Waals surface area contributed by atoms with E-state index in [4.69, 9.17) is 0 Å². The molecule has 2 aromatic heterocycles. The Hall–Kier alpha value is -5.88. The normalized spacial score (nSPS) is 10.7. The summed E-state index contributed by atoms with van der Waals surface area (Å²) < 4.78 is 3.56. The summed E-state index contributed by atoms with van der Waals surface area (Å²) in [7, 11) is 7.94. The van der Waals surface area contributed by atoms with Gasteiger partial charge in [0.1, 0.15) is 13.1 Å². The minimum absolute atomic E-state index is 0. The lowest BCUT2D eigenvalue weighted by Gasteiger charge is -2.12. The third-order valence-corrected chi connectivity index (χ3v) is 8.29. The summed E-state index contributed by atoms with van der Waals surface area (Å²) in [5.41, 5.74) is 8.24. The van der Waals surface area contributed by atoms with Gasteiger partial charge in [0, 0.05) is 48.4 Å². The van der Waals surface area contributed by atoms with E-state index in [1.807, 2.05) is 147 Å². The fourth-order valence-electron chi connectivity index (χ4n) is 5.69. The maximum atomic E-state index is 12.3. The second-order valence-electron chi connectivity index (χ2n) is 12.9. The molecule has 0 unspecified atom stereocenters. The molecule has 11 nitrogen and oxygen atoms in total. The molecule has 0 spiro atoms. The zero-order valence-electron chi connectivity index (χ0n) is 30.9. The zero-order valence-corrected chi connectivity index (χ0v) is 30.9. The number of likely N-dealkylation sites (N-methyl/N-ethyl adjacent to an activating group) is 2. The molecule has 0 aliphatic carbocycles. The predicted molar refractivity (Wildman–Crippen MR) is 213 cm³/mol. The number of nitrogens with zero attached hydrogens (tertiary/aromatic N) is 6. The van der Waals surface area contributed by atoms with E-state index in [0.717, 1.165) is 57.9 Å². The minimum Gasteiger partial charge on any atom is -0.412 e. The zero-order chi connectivity index (χ0) is 36.7. The first-order valence-corrected chi connectivity index (χ1v) is 17.5. The molecule has 0 atom stereocenters. The van der Waals surface area contributed by atoms with Gasteiger partial charge in [-0.1, -0.05) is 121 Å². The van der Waals surface area contributed by atoms with Gasteiger partial charge in [-0.2, -0.15) is 10.2 Å². The van der Waals surface area contributed by atoms with Crippen LogP contribution in [0.1, 0.15) is 0 Å². The Morgan fingerprint density at radius 1 is 0.509 bits per heavy atom. The van der Waals surface area contributed by atoms with Gasteiger partial charge < -0.3 is 25.9 Å². The summed E-state index contributed by atoms with van der Waals surface area (Å²) in [5, 5.41) is 14.9. The van der Waals surface area contributed by atoms with Crippen molar-refractivity contribution in [2.45, 2.75) is 13.1 Å². The number of amides is 2. The van der Waals surface area contributed by atoms with Gasteiger partial charge in [-0.25, -0.2) is 0 Å². The van der Waals surface area contributed by atoms with Crippen molar-refractivity contribution in [2.24, 2.45) is 0 Å². The fraction of sp³-hybridized carbons (Fsp3) is 0.238. The molecular formula is C42H50N8O3. The Labute approximate surface area is 312 Å². The number of rotatable bonds is 14. The topological polar surface area (TPSA) is 132 Å². The van der Waals surface area contributed by atoms with Crippen LogP contribution in [0.5, 0.6) is 0 Å². The van der Waals surface area contributed by atoms with E-state index in [0.29, 0.717) is 13.1 Å². The van der Waals surface area contributed by atoms with E-state index < -0.39 is 0 Å². The van der Waals surface area contributed by atoms with Gasteiger partial charge in [0.2, 0.25) is 11.8 Å². The SMILES string of the molecule is CN(C)CCNC(=O)Cn1ncc(-c2ccccc2)c1-c1ccccc1.CN(C)CCNC(=O)Cn1ncc(-c2ccccc2)c1-c1ccccc1.O. The molecular weight excluding hydrogens is 665 g/mol. The third kappa shape index (κ3) is 11.6. The van der Waals surface area contributed by atoms with E-state index in [-0.39, 0.29) is 30.4 Å². The van der Waals surface area contributed by atoms with Crippen LogP contribution in [0.4, 0.5) is 0 Å². The molecule has 0 aliphatic heterocycles. The van der Waals surface area contributed by atoms with Crippen LogP contribution >= 0.6 is 0 Å². The highest BCUT2D eigenvalue weighted by Gasteiger charge is 2.18. The molecule has 11 heteroatoms. The van der Waals surface area contributed by atoms with Crippen LogP contribution in [-0.2, 0) is 22.7 Å². The van der Waals surface area contributed by atoms with Gasteiger partial charge in [-0.05, 0) is 39.3 Å². The average molecular weight is 715 g/mol. The molecule has 6 aromatic rings. The Bertz CT molecular complexity index is 1830. The first kappa shape index (κ1) is 39.9. The van der Waals surface area contributed by atoms with Gasteiger partial charge in [0.15, 0.2) is 0 Å². The molecule has 0 aliphatic rings. The summed E-state index contributed by atoms with van der Waals surface area (Å²) in [6.45, 7) is 3.27. The number of hydrogen-bond acceptors (Lipinski definition) is 6. The van der Waals surface area contributed by atoms with Crippen molar-refractivity contribution in [2.75, 3.05) is 54.4 Å². The van der Waals surface area contributed by atoms with Gasteiger partial charge in [-0.15, -0.1) is 0 Å². The van der Waals surface area contributed by atoms with Gasteiger partial charge >= 0.3 is 0 Å². The second-order valence-corrected chi connectivity index (χ2v) is 12.9. The number of nitrogens with one attached hydrogen (secondary N) is 2. The van der Waals surface area contributed by atoms with Crippen molar-refractivity contribution < 1.29 is 15.1 Å². The summed E-state index contributed by atoms with van der Waals surface area (Å²) in [4.78, 5) is 28.7. The maximum Gasteiger partial charge on any atom is 0.241 e. The lowest BCUT2D eigenvalue weighted by molar-refractivity contribution is -0.122. The van der Waals surface area contributed by atoms with E-state index in [2.05, 4.69) is 45.1 Å². The highest BCUT2D eigenvalue weighted by Crippen LogP contribution is 2.33. The van der Waals surface area contributed by atoms with E-state index in [1.165, 1.54) is 0 Å². The highest BCUT2D eigenvalue weighted by molar-refractivity contribution is 5.84. The first-order valence-electron chi connectivity index (χ1n) is 17.5. The smallest absolute Gasteiger partial charge is 0.241 e. The lowest BCUT2D eigenvalue weighted by Crippen LogP contribution is -2.33. The predicted octanol–water partition coefficient (Wildman–Crippen LogP) is 4.97. The number of carbonyl (C=O) groups is 2. The molecule has 0 radical (unpaired) electrons. The van der Waals surface area contributed by atoms with Crippen LogP contribution in [0.2, 0.25) is 0 Å². The molecule has 0 fully saturated rings. The van der Waals surface area contributed by atoms with Crippen molar-refractivity contribution >= 4 is 11.8 Å². The van der Waals surface area contributed by atoms with Crippen LogP contribution in [-0.4, -0.2) is 101 Å². The standard InChI is InChI=1S/2C21H24N4O.H2O/c2*1-24(2)14-13-22-20(26)16-25-21(18-11-7-4-8-12-18)19(15-23-25)17-9-5-3-6-10-17;/h2*3-12,15H,13-14,16H2,1-2H3,(H,22,26);1H2. The molecule has 0 saturated carbocycles. The monoisotopic (exact) mass is 714 g/mol. The lowest BCUT2D eigenvalue weighted by atomic mass is 10.0. The number of carbonyl (C=O) groups excluding carboxylic acids is 2. The molecule has 6 rings (SSSR count). The third-order valence-electron chi connectivity index (χ3n) is 8.29. The molecule has 0 bridgehead atoms. The van der Waals surface area contributed by atoms with Crippen LogP contribution in [0.3, 0.4) is 0 Å². The van der Waals surface area contributed by atoms with E-state index in [9.17, 15) is 9.59 Å². The van der Waals surface area contributed by atoms with Crippen molar-refractivity contribution in [3.05, 3.63) is 134 Å². The Morgan fingerprint density at radius 3 is 1.11 bits per heavy atom. The molecule has 2 heterocycles. The summed E-state index contributed by atoms with van der Waals surface area (Å²) in [6, 6.07) is 40.4. The summed E-state index contributed by atoms with van der Waals surface area (Å²) in [6.07, 6.45) is 3.68. The van der Waals surface area contributed by atoms with Crippen LogP contribution < -0.4 is 10.6 Å². The van der Waals surface area contributed by atoms with Crippen molar-refractivity contribution in [1.29, 1.82) is 0 Å². The van der Waals surface area contributed by atoms with E-state index >= 15 is 0 Å². The van der Waals surface area contributed by atoms with Crippen molar-refractivity contribution in [1.82, 2.24) is 40.0 Å². The average Bonchev–Trinajstić information content (AvgIpc) is 3.77. The highest BCUT2D eigenvalue weighted by atomic mass is 16.2. The summed E-state index contributed by atoms with van der Waals surface area (Å²) in [5.74, 6) is -0.0708. The largest absolute Gasteiger partial charge is 0.412 e. The van der Waals surface area contributed by atoms with Crippen LogP contribution in [0.25, 0.3) is 44.8 Å². The van der Waals surface area contributed by atoms with Gasteiger partial charge in [-0.3, -0.25) is 19.0 Å². The molecule has 276 valence electrons. The maximum absolute atomic E-state index is 12.3. The van der Waals surface area contributed by atoms with Crippen LogP contribution in [0.15, 0.2) is 134 Å². The molecule has 4 N–H and O–H groups in total.